The van der Waals surface area contributed by atoms with Crippen molar-refractivity contribution in [1.82, 2.24) is 4.90 Å². The van der Waals surface area contributed by atoms with E-state index < -0.39 is 0 Å². The van der Waals surface area contributed by atoms with E-state index in [9.17, 15) is 4.79 Å². The Balaban J connectivity index is 2.34. The maximum Gasteiger partial charge on any atom is 0.200 e. The predicted molar refractivity (Wildman–Crippen MR) is 45.7 cm³/mol. The Morgan fingerprint density at radius 2 is 2.17 bits per heavy atom. The van der Waals surface area contributed by atoms with E-state index in [2.05, 4.69) is 5.16 Å². The zero-order valence-corrected chi connectivity index (χ0v) is 6.81. The summed E-state index contributed by atoms with van der Waals surface area (Å²) in [6.07, 6.45) is 3.17. The van der Waals surface area contributed by atoms with E-state index in [4.69, 9.17) is 13.1 Å². The largest absolute Gasteiger partial charge is 0.411 e. The lowest BCUT2D eigenvalue weighted by Gasteiger charge is -2.29. The number of piperidine rings is 1. The quantitative estimate of drug-likeness (QED) is 0.266. The molecule has 4 nitrogen and oxygen atoms in total. The van der Waals surface area contributed by atoms with Crippen LogP contribution in [0.4, 0.5) is 4.79 Å². The summed E-state index contributed by atoms with van der Waals surface area (Å²) in [5.41, 5.74) is 0. The van der Waals surface area contributed by atoms with Crippen LogP contribution < -0.4 is 0 Å². The second kappa shape index (κ2) is 4.14. The number of nitrogens with zero attached hydrogens (tertiary/aromatic N) is 2. The monoisotopic (exact) mass is 166 g/mol. The summed E-state index contributed by atoms with van der Waals surface area (Å²) in [5.74, 6) is -0.0833. The maximum atomic E-state index is 10.7. The van der Waals surface area contributed by atoms with Gasteiger partial charge in [0, 0.05) is 25.2 Å². The molecule has 5 heteroatoms. The van der Waals surface area contributed by atoms with Gasteiger partial charge in [0.25, 0.3) is 0 Å². The number of hydrogen-bond acceptors (Lipinski definition) is 3. The van der Waals surface area contributed by atoms with Gasteiger partial charge in [-0.15, -0.1) is 5.16 Å². The number of likely N-dealkylation sites (tertiary alicyclic amines) is 1. The number of carbonyl (C=O) groups is 1. The van der Waals surface area contributed by atoms with Crippen LogP contribution in [0.5, 0.6) is 0 Å². The molecule has 0 aromatic heterocycles. The fourth-order valence-electron chi connectivity index (χ4n) is 1.36. The number of rotatable bonds is 1. The highest BCUT2D eigenvalue weighted by Gasteiger charge is 2.18. The molecule has 0 bridgehead atoms. The molecule has 2 radical (unpaired) electrons. The zero-order chi connectivity index (χ0) is 8.97. The Hall–Kier alpha value is -0.995. The Labute approximate surface area is 72.6 Å². The van der Waals surface area contributed by atoms with Crippen molar-refractivity contribution < 1.29 is 10.0 Å². The molecule has 64 valence electrons. The molecule has 0 aromatic rings. The lowest BCUT2D eigenvalue weighted by Crippen LogP contribution is -2.38. The Bertz CT molecular complexity index is 188. The van der Waals surface area contributed by atoms with E-state index in [1.54, 1.807) is 4.90 Å². The minimum Gasteiger partial charge on any atom is -0.411 e. The van der Waals surface area contributed by atoms with Crippen molar-refractivity contribution in [3.63, 3.8) is 0 Å². The summed E-state index contributed by atoms with van der Waals surface area (Å²) >= 11 is 0. The predicted octanol–water partition coefficient (Wildman–Crippen LogP) is 0.447. The molecule has 1 amide bonds. The molecular weight excluding hydrogens is 155 g/mol. The van der Waals surface area contributed by atoms with Crippen LogP contribution in [-0.2, 0) is 0 Å². The van der Waals surface area contributed by atoms with Gasteiger partial charge >= 0.3 is 0 Å². The molecule has 0 aromatic carbocycles. The first-order valence-electron chi connectivity index (χ1n) is 3.96. The number of oxime groups is 1. The zero-order valence-electron chi connectivity index (χ0n) is 6.81. The van der Waals surface area contributed by atoms with Crippen LogP contribution in [0.25, 0.3) is 0 Å². The molecular formula is C7H11BN2O2. The Kier molecular flexibility index (Phi) is 3.14. The first-order valence-corrected chi connectivity index (χ1v) is 3.96. The van der Waals surface area contributed by atoms with Gasteiger partial charge in [-0.25, -0.2) is 0 Å². The van der Waals surface area contributed by atoms with Crippen LogP contribution in [0, 0.1) is 5.92 Å². The molecule has 0 spiro atoms. The summed E-state index contributed by atoms with van der Waals surface area (Å²) in [5, 5.41) is 11.2. The van der Waals surface area contributed by atoms with Crippen LogP contribution in [0.15, 0.2) is 5.16 Å². The van der Waals surface area contributed by atoms with Crippen molar-refractivity contribution in [1.29, 1.82) is 0 Å². The van der Waals surface area contributed by atoms with E-state index >= 15 is 0 Å². The molecule has 0 atom stereocenters. The average molecular weight is 166 g/mol. The topological polar surface area (TPSA) is 52.9 Å². The van der Waals surface area contributed by atoms with E-state index in [1.807, 2.05) is 0 Å². The molecule has 1 aliphatic heterocycles. The van der Waals surface area contributed by atoms with Crippen molar-refractivity contribution in [2.24, 2.45) is 11.1 Å². The van der Waals surface area contributed by atoms with Gasteiger partial charge in [-0.2, -0.15) is 0 Å². The summed E-state index contributed by atoms with van der Waals surface area (Å²) in [6, 6.07) is 0. The SMILES string of the molecule is [B]C(=O)N1CCC(C=NO)CC1. The second-order valence-electron chi connectivity index (χ2n) is 2.93. The van der Waals surface area contributed by atoms with E-state index in [0.717, 1.165) is 12.8 Å². The van der Waals surface area contributed by atoms with Gasteiger partial charge in [0.1, 0.15) is 0 Å². The minimum absolute atomic E-state index is 0.283. The van der Waals surface area contributed by atoms with E-state index in [-0.39, 0.29) is 11.7 Å². The molecule has 1 aliphatic rings. The maximum absolute atomic E-state index is 10.7. The first-order chi connectivity index (χ1) is 5.74. The van der Waals surface area contributed by atoms with E-state index in [1.165, 1.54) is 6.21 Å². The normalized spacial score (nSPS) is 20.2. The fourth-order valence-corrected chi connectivity index (χ4v) is 1.36. The number of amides is 1. The highest BCUT2D eigenvalue weighted by atomic mass is 16.4. The molecule has 1 rings (SSSR count). The van der Waals surface area contributed by atoms with Gasteiger partial charge in [-0.3, -0.25) is 4.79 Å². The van der Waals surface area contributed by atoms with Gasteiger partial charge in [0.05, 0.1) is 0 Å². The molecule has 1 saturated heterocycles. The standard InChI is InChI=1S/C7H11BN2O2/c8-7(11)10-3-1-6(2-4-10)5-9-12/h5-6,12H,1-4H2. The smallest absolute Gasteiger partial charge is 0.200 e. The average Bonchev–Trinajstić information content (AvgIpc) is 2.06. The molecule has 1 heterocycles. The fraction of sp³-hybridized carbons (Fsp3) is 0.714. The highest BCUT2D eigenvalue weighted by molar-refractivity contribution is 6.56. The third kappa shape index (κ3) is 2.25. The van der Waals surface area contributed by atoms with Crippen molar-refractivity contribution in [2.45, 2.75) is 12.8 Å². The van der Waals surface area contributed by atoms with Crippen LogP contribution in [0.1, 0.15) is 12.8 Å². The third-order valence-corrected chi connectivity index (χ3v) is 2.13. The van der Waals surface area contributed by atoms with Crippen molar-refractivity contribution in [3.05, 3.63) is 0 Å². The van der Waals surface area contributed by atoms with Gasteiger partial charge < -0.3 is 10.1 Å². The van der Waals surface area contributed by atoms with Gasteiger partial charge in [-0.05, 0) is 12.8 Å². The van der Waals surface area contributed by atoms with Crippen molar-refractivity contribution >= 4 is 19.9 Å². The van der Waals surface area contributed by atoms with Gasteiger partial charge in [-0.1, -0.05) is 0 Å². The minimum atomic E-state index is -0.366. The van der Waals surface area contributed by atoms with E-state index in [0.29, 0.717) is 13.1 Å². The summed E-state index contributed by atoms with van der Waals surface area (Å²) in [4.78, 5) is 12.3. The first kappa shape index (κ1) is 9.10. The lowest BCUT2D eigenvalue weighted by atomic mass is 9.96. The summed E-state index contributed by atoms with van der Waals surface area (Å²) < 4.78 is 0. The highest BCUT2D eigenvalue weighted by Crippen LogP contribution is 2.14. The van der Waals surface area contributed by atoms with Crippen LogP contribution in [0.2, 0.25) is 0 Å². The van der Waals surface area contributed by atoms with Crippen LogP contribution in [-0.4, -0.2) is 43.1 Å². The third-order valence-electron chi connectivity index (χ3n) is 2.13. The molecule has 0 aliphatic carbocycles. The summed E-state index contributed by atoms with van der Waals surface area (Å²) in [7, 11) is 5.09. The van der Waals surface area contributed by atoms with Crippen molar-refractivity contribution in [2.75, 3.05) is 13.1 Å². The molecule has 12 heavy (non-hydrogen) atoms. The Morgan fingerprint density at radius 1 is 1.58 bits per heavy atom. The number of hydrogen-bond donors (Lipinski definition) is 1. The second-order valence-corrected chi connectivity index (χ2v) is 2.93. The molecule has 0 unspecified atom stereocenters. The van der Waals surface area contributed by atoms with Crippen LogP contribution >= 0.6 is 0 Å². The molecule has 1 fully saturated rings. The van der Waals surface area contributed by atoms with Gasteiger partial charge in [0.2, 0.25) is 7.85 Å². The molecule has 0 saturated carbocycles. The van der Waals surface area contributed by atoms with Crippen molar-refractivity contribution in [3.8, 4) is 0 Å². The number of carbonyl (C=O) groups excluding carboxylic acids is 1. The molecule has 1 N–H and O–H groups in total. The van der Waals surface area contributed by atoms with Crippen LogP contribution in [0.3, 0.4) is 0 Å². The Morgan fingerprint density at radius 3 is 2.58 bits per heavy atom. The lowest BCUT2D eigenvalue weighted by molar-refractivity contribution is 0.203. The summed E-state index contributed by atoms with van der Waals surface area (Å²) in [6.45, 7) is 1.32. The van der Waals surface area contributed by atoms with Gasteiger partial charge in [0.15, 0.2) is 5.81 Å².